The summed E-state index contributed by atoms with van der Waals surface area (Å²) in [6, 6.07) is 9.59. The molecule has 1 amide bonds. The van der Waals surface area contributed by atoms with Crippen molar-refractivity contribution < 1.29 is 32.2 Å². The number of rotatable bonds is 8. The molecule has 1 fully saturated rings. The first-order valence-electron chi connectivity index (χ1n) is 10.1. The van der Waals surface area contributed by atoms with E-state index in [1.54, 1.807) is 24.3 Å². The number of benzene rings is 2. The van der Waals surface area contributed by atoms with E-state index in [-0.39, 0.29) is 29.8 Å². The number of carbonyl (C=O) groups is 1. The second kappa shape index (κ2) is 10.1. The summed E-state index contributed by atoms with van der Waals surface area (Å²) < 4.78 is 48.2. The average Bonchev–Trinajstić information content (AvgIpc) is 2.83. The van der Waals surface area contributed by atoms with Gasteiger partial charge in [-0.15, -0.1) is 0 Å². The van der Waals surface area contributed by atoms with Crippen LogP contribution < -0.4 is 24.3 Å². The Balaban J connectivity index is 1.65. The monoisotopic (exact) mass is 464 g/mol. The van der Waals surface area contributed by atoms with Gasteiger partial charge in [0.05, 0.1) is 33.3 Å². The van der Waals surface area contributed by atoms with Gasteiger partial charge in [-0.25, -0.2) is 8.42 Å². The van der Waals surface area contributed by atoms with Gasteiger partial charge in [-0.2, -0.15) is 4.31 Å². The average molecular weight is 465 g/mol. The normalized spacial score (nSPS) is 15.1. The Morgan fingerprint density at radius 1 is 0.906 bits per heavy atom. The zero-order chi connectivity index (χ0) is 23.3. The van der Waals surface area contributed by atoms with Crippen LogP contribution in [0.5, 0.6) is 23.0 Å². The summed E-state index contributed by atoms with van der Waals surface area (Å²) in [7, 11) is 2.41. The summed E-state index contributed by atoms with van der Waals surface area (Å²) >= 11 is 0. The molecular weight excluding hydrogens is 436 g/mol. The third-order valence-corrected chi connectivity index (χ3v) is 7.37. The minimum Gasteiger partial charge on any atom is -0.497 e. The minimum atomic E-state index is -3.62. The summed E-state index contributed by atoms with van der Waals surface area (Å²) in [5, 5.41) is 2.87. The summed E-state index contributed by atoms with van der Waals surface area (Å²) in [5.74, 6) is 1.40. The fraction of sp³-hybridized carbons (Fsp3) is 0.409. The Morgan fingerprint density at radius 3 is 1.94 bits per heavy atom. The van der Waals surface area contributed by atoms with E-state index in [0.717, 1.165) is 0 Å². The van der Waals surface area contributed by atoms with Gasteiger partial charge in [0.25, 0.3) is 0 Å². The number of methoxy groups -OCH3 is 4. The number of piperidine rings is 1. The molecule has 2 aromatic rings. The molecule has 1 N–H and O–H groups in total. The Bertz CT molecular complexity index is 1020. The first-order valence-corrected chi connectivity index (χ1v) is 11.5. The highest BCUT2D eigenvalue weighted by Crippen LogP contribution is 2.40. The molecule has 0 spiro atoms. The highest BCUT2D eigenvalue weighted by Gasteiger charge is 2.32. The molecule has 2 aromatic carbocycles. The van der Waals surface area contributed by atoms with Crippen LogP contribution in [0.4, 0.5) is 5.69 Å². The van der Waals surface area contributed by atoms with Crippen LogP contribution in [0.1, 0.15) is 12.8 Å². The van der Waals surface area contributed by atoms with Crippen molar-refractivity contribution in [2.45, 2.75) is 17.7 Å². The molecular formula is C22H28N2O7S. The fourth-order valence-corrected chi connectivity index (χ4v) is 5.12. The third kappa shape index (κ3) is 4.91. The zero-order valence-corrected chi connectivity index (χ0v) is 19.4. The Labute approximate surface area is 188 Å². The van der Waals surface area contributed by atoms with E-state index in [4.69, 9.17) is 18.9 Å². The number of amides is 1. The van der Waals surface area contributed by atoms with Gasteiger partial charge >= 0.3 is 0 Å². The summed E-state index contributed by atoms with van der Waals surface area (Å²) in [4.78, 5) is 13.0. The van der Waals surface area contributed by atoms with Crippen molar-refractivity contribution in [3.05, 3.63) is 36.4 Å². The second-order valence-electron chi connectivity index (χ2n) is 7.26. The largest absolute Gasteiger partial charge is 0.497 e. The van der Waals surface area contributed by atoms with Crippen molar-refractivity contribution in [3.63, 3.8) is 0 Å². The van der Waals surface area contributed by atoms with Gasteiger partial charge in [0.1, 0.15) is 5.75 Å². The van der Waals surface area contributed by atoms with Crippen LogP contribution in [0.15, 0.2) is 41.3 Å². The fourth-order valence-electron chi connectivity index (χ4n) is 3.65. The van der Waals surface area contributed by atoms with E-state index in [9.17, 15) is 13.2 Å². The van der Waals surface area contributed by atoms with Crippen molar-refractivity contribution in [1.29, 1.82) is 0 Å². The van der Waals surface area contributed by atoms with Gasteiger partial charge in [-0.1, -0.05) is 0 Å². The lowest BCUT2D eigenvalue weighted by Gasteiger charge is -2.30. The molecule has 0 bridgehead atoms. The first kappa shape index (κ1) is 23.7. The van der Waals surface area contributed by atoms with Crippen LogP contribution in [0.25, 0.3) is 0 Å². The Morgan fingerprint density at radius 2 is 1.47 bits per heavy atom. The third-order valence-electron chi connectivity index (χ3n) is 5.45. The number of nitrogens with one attached hydrogen (secondary N) is 1. The Hall–Kier alpha value is -2.98. The molecule has 0 unspecified atom stereocenters. The number of sulfonamides is 1. The highest BCUT2D eigenvalue weighted by atomic mass is 32.2. The molecule has 1 aliphatic rings. The van der Waals surface area contributed by atoms with E-state index in [2.05, 4.69) is 5.32 Å². The van der Waals surface area contributed by atoms with E-state index < -0.39 is 10.0 Å². The van der Waals surface area contributed by atoms with Gasteiger partial charge in [0.15, 0.2) is 11.5 Å². The molecule has 0 atom stereocenters. The van der Waals surface area contributed by atoms with Crippen LogP contribution in [-0.2, 0) is 14.8 Å². The predicted octanol–water partition coefficient (Wildman–Crippen LogP) is 2.76. The van der Waals surface area contributed by atoms with Crippen molar-refractivity contribution >= 4 is 21.6 Å². The van der Waals surface area contributed by atoms with Crippen LogP contribution in [-0.4, -0.2) is 60.2 Å². The minimum absolute atomic E-state index is 0.180. The van der Waals surface area contributed by atoms with Crippen molar-refractivity contribution in [2.75, 3.05) is 46.8 Å². The zero-order valence-electron chi connectivity index (χ0n) is 18.6. The summed E-state index contributed by atoms with van der Waals surface area (Å²) in [6.07, 6.45) is 0.845. The smallest absolute Gasteiger partial charge is 0.243 e. The van der Waals surface area contributed by atoms with Crippen LogP contribution >= 0.6 is 0 Å². The van der Waals surface area contributed by atoms with E-state index in [1.165, 1.54) is 44.9 Å². The van der Waals surface area contributed by atoms with Crippen LogP contribution in [0.3, 0.4) is 0 Å². The molecule has 3 rings (SSSR count). The van der Waals surface area contributed by atoms with Crippen LogP contribution in [0, 0.1) is 5.92 Å². The molecule has 0 radical (unpaired) electrons. The van der Waals surface area contributed by atoms with Crippen molar-refractivity contribution in [2.24, 2.45) is 5.92 Å². The number of anilines is 1. The lowest BCUT2D eigenvalue weighted by Crippen LogP contribution is -2.41. The molecule has 1 heterocycles. The maximum Gasteiger partial charge on any atom is 0.243 e. The van der Waals surface area contributed by atoms with Gasteiger partial charge in [-0.3, -0.25) is 4.79 Å². The van der Waals surface area contributed by atoms with Gasteiger partial charge in [0, 0.05) is 36.8 Å². The number of hydrogen-bond donors (Lipinski definition) is 1. The van der Waals surface area contributed by atoms with Gasteiger partial charge < -0.3 is 24.3 Å². The number of hydrogen-bond acceptors (Lipinski definition) is 7. The molecule has 0 aliphatic carbocycles. The van der Waals surface area contributed by atoms with Gasteiger partial charge in [0.2, 0.25) is 21.7 Å². The molecule has 1 aliphatic heterocycles. The lowest BCUT2D eigenvalue weighted by molar-refractivity contribution is -0.120. The van der Waals surface area contributed by atoms with E-state index >= 15 is 0 Å². The molecule has 0 saturated carbocycles. The van der Waals surface area contributed by atoms with Crippen molar-refractivity contribution in [1.82, 2.24) is 4.31 Å². The summed E-state index contributed by atoms with van der Waals surface area (Å²) in [5.41, 5.74) is 0.512. The molecule has 10 heteroatoms. The van der Waals surface area contributed by atoms with Crippen LogP contribution in [0.2, 0.25) is 0 Å². The lowest BCUT2D eigenvalue weighted by atomic mass is 9.97. The number of carbonyl (C=O) groups excluding carboxylic acids is 1. The quantitative estimate of drug-likeness (QED) is 0.641. The molecule has 1 saturated heterocycles. The summed E-state index contributed by atoms with van der Waals surface area (Å²) in [6.45, 7) is 0.531. The molecule has 0 aromatic heterocycles. The Kier molecular flexibility index (Phi) is 7.47. The molecule has 9 nitrogen and oxygen atoms in total. The number of nitrogens with zero attached hydrogens (tertiary/aromatic N) is 1. The van der Waals surface area contributed by atoms with Crippen molar-refractivity contribution in [3.8, 4) is 23.0 Å². The standard InChI is InChI=1S/C22H28N2O7S/c1-28-17-5-7-18(8-6-17)32(26,27)24-11-9-15(10-12-24)22(25)23-16-13-19(29-2)21(31-4)20(14-16)30-3/h5-8,13-15H,9-12H2,1-4H3,(H,23,25). The second-order valence-corrected chi connectivity index (χ2v) is 9.20. The maximum atomic E-state index is 12.9. The first-order chi connectivity index (χ1) is 15.3. The van der Waals surface area contributed by atoms with Gasteiger partial charge in [-0.05, 0) is 37.1 Å². The topological polar surface area (TPSA) is 103 Å². The van der Waals surface area contributed by atoms with E-state index in [0.29, 0.717) is 41.5 Å². The van der Waals surface area contributed by atoms with E-state index in [1.807, 2.05) is 0 Å². The molecule has 174 valence electrons. The highest BCUT2D eigenvalue weighted by molar-refractivity contribution is 7.89. The SMILES string of the molecule is COc1ccc(S(=O)(=O)N2CCC(C(=O)Nc3cc(OC)c(OC)c(OC)c3)CC2)cc1. The number of ether oxygens (including phenoxy) is 4. The molecule has 32 heavy (non-hydrogen) atoms. The maximum absolute atomic E-state index is 12.9. The predicted molar refractivity (Wildman–Crippen MR) is 119 cm³/mol.